The van der Waals surface area contributed by atoms with Crippen LogP contribution < -0.4 is 5.32 Å². The smallest absolute Gasteiger partial charge is 0.355 e. The highest BCUT2D eigenvalue weighted by Crippen LogP contribution is 2.54. The monoisotopic (exact) mass is 396 g/mol. The van der Waals surface area contributed by atoms with E-state index in [1.165, 1.54) is 6.92 Å². The molecule has 0 rings (SSSR count). The first-order valence-corrected chi connectivity index (χ1v) is 7.24. The minimum atomic E-state index is -7.10. The highest BCUT2D eigenvalue weighted by atomic mass is 32.2. The summed E-state index contributed by atoms with van der Waals surface area (Å²) in [4.78, 5) is 10.9. The lowest BCUT2D eigenvalue weighted by Gasteiger charge is -2.34. The predicted octanol–water partition coefficient (Wildman–Crippen LogP) is 2.53. The fourth-order valence-corrected chi connectivity index (χ4v) is 2.22. The Balaban J connectivity index is 5.27. The maximum absolute atomic E-state index is 13.4. The number of nitrogens with one attached hydrogen (secondary N) is 1. The average molecular weight is 396 g/mol. The number of carbonyl (C=O) groups excluding carboxylic acids is 1. The summed E-state index contributed by atoms with van der Waals surface area (Å²) in [6.45, 7) is 0.193. The molecule has 24 heavy (non-hydrogen) atoms. The van der Waals surface area contributed by atoms with Crippen LogP contribution in [0.5, 0.6) is 0 Å². The zero-order valence-electron chi connectivity index (χ0n) is 12.2. The van der Waals surface area contributed by atoms with Crippen molar-refractivity contribution in [3.8, 4) is 0 Å². The highest BCUT2D eigenvalue weighted by molar-refractivity contribution is 7.83. The molecule has 0 fully saturated rings. The van der Waals surface area contributed by atoms with Gasteiger partial charge in [-0.1, -0.05) is 6.92 Å². The molecule has 0 aromatic heterocycles. The van der Waals surface area contributed by atoms with Crippen LogP contribution in [0.3, 0.4) is 0 Å². The van der Waals surface area contributed by atoms with Crippen molar-refractivity contribution in [3.63, 3.8) is 0 Å². The first-order chi connectivity index (χ1) is 10.5. The van der Waals surface area contributed by atoms with E-state index in [-0.39, 0.29) is 10.7 Å². The van der Waals surface area contributed by atoms with Gasteiger partial charge in [0.2, 0.25) is 5.91 Å². The molecule has 1 N–H and O–H groups in total. The van der Waals surface area contributed by atoms with Crippen molar-refractivity contribution in [3.05, 3.63) is 0 Å². The Morgan fingerprint density at radius 3 is 1.83 bits per heavy atom. The van der Waals surface area contributed by atoms with Crippen LogP contribution >= 0.6 is 0 Å². The van der Waals surface area contributed by atoms with Gasteiger partial charge in [-0.3, -0.25) is 4.79 Å². The lowest BCUT2D eigenvalue weighted by molar-refractivity contribution is -0.382. The lowest BCUT2D eigenvalue weighted by Crippen LogP contribution is -2.63. The second kappa shape index (κ2) is 7.45. The van der Waals surface area contributed by atoms with E-state index in [2.05, 4.69) is 5.32 Å². The SMILES string of the molecule is CCC(=O)NCCN(C)S(=O)C(F)(F)C(F)(F)C(F)(F)C(F)(F)F. The molecule has 0 radical (unpaired) electrons. The standard InChI is InChI=1S/C10H13F9N2O2S/c1-3-6(22)20-4-5-21(2)24(23)10(18,19)8(13,14)7(11,12)9(15,16)17/h3-5H2,1-2H3,(H,20,22). The van der Waals surface area contributed by atoms with Gasteiger partial charge in [0.1, 0.15) is 0 Å². The van der Waals surface area contributed by atoms with Gasteiger partial charge in [0.25, 0.3) is 0 Å². The first kappa shape index (κ1) is 22.9. The van der Waals surface area contributed by atoms with Crippen molar-refractivity contribution < 1.29 is 48.5 Å². The zero-order valence-corrected chi connectivity index (χ0v) is 13.0. The number of likely N-dealkylation sites (N-methyl/N-ethyl adjacent to an activating group) is 1. The summed E-state index contributed by atoms with van der Waals surface area (Å²) < 4.78 is 125. The van der Waals surface area contributed by atoms with E-state index in [0.29, 0.717) is 7.05 Å². The van der Waals surface area contributed by atoms with E-state index in [9.17, 15) is 48.5 Å². The van der Waals surface area contributed by atoms with Crippen molar-refractivity contribution in [2.24, 2.45) is 0 Å². The molecule has 0 aliphatic rings. The topological polar surface area (TPSA) is 49.4 Å². The Kier molecular flexibility index (Phi) is 7.13. The molecule has 4 nitrogen and oxygen atoms in total. The van der Waals surface area contributed by atoms with Crippen LogP contribution in [0.1, 0.15) is 13.3 Å². The quantitative estimate of drug-likeness (QED) is 0.642. The number of amides is 1. The number of alkyl halides is 9. The molecule has 14 heteroatoms. The third kappa shape index (κ3) is 4.32. The van der Waals surface area contributed by atoms with E-state index < -0.39 is 53.3 Å². The number of hydrogen-bond donors (Lipinski definition) is 1. The molecular formula is C10H13F9N2O2S. The minimum absolute atomic E-state index is 0.0150. The van der Waals surface area contributed by atoms with Crippen LogP contribution in [0.15, 0.2) is 0 Å². The molecule has 0 bridgehead atoms. The number of hydrogen-bond acceptors (Lipinski definition) is 2. The highest BCUT2D eigenvalue weighted by Gasteiger charge is 2.83. The molecule has 0 aromatic carbocycles. The van der Waals surface area contributed by atoms with Crippen LogP contribution in [0.25, 0.3) is 0 Å². The van der Waals surface area contributed by atoms with Gasteiger partial charge in [-0.05, 0) is 0 Å². The molecule has 144 valence electrons. The number of nitrogens with zero attached hydrogens (tertiary/aromatic N) is 1. The third-order valence-electron chi connectivity index (χ3n) is 2.69. The molecule has 0 heterocycles. The summed E-state index contributed by atoms with van der Waals surface area (Å²) in [6, 6.07) is 0. The van der Waals surface area contributed by atoms with Gasteiger partial charge in [-0.2, -0.15) is 39.5 Å². The molecule has 1 atom stereocenters. The van der Waals surface area contributed by atoms with Gasteiger partial charge in [-0.15, -0.1) is 0 Å². The van der Waals surface area contributed by atoms with E-state index in [4.69, 9.17) is 0 Å². The lowest BCUT2D eigenvalue weighted by atomic mass is 10.1. The molecular weight excluding hydrogens is 383 g/mol. The molecule has 0 saturated heterocycles. The van der Waals surface area contributed by atoms with Crippen LogP contribution in [0.4, 0.5) is 39.5 Å². The van der Waals surface area contributed by atoms with Crippen molar-refractivity contribution in [1.29, 1.82) is 0 Å². The molecule has 1 amide bonds. The molecule has 0 saturated carbocycles. The fourth-order valence-electron chi connectivity index (χ4n) is 1.23. The van der Waals surface area contributed by atoms with Crippen molar-refractivity contribution in [2.45, 2.75) is 36.6 Å². The average Bonchev–Trinajstić information content (AvgIpc) is 2.44. The number of carbonyl (C=O) groups is 1. The van der Waals surface area contributed by atoms with Crippen LogP contribution in [0, 0.1) is 0 Å². The summed E-state index contributed by atoms with van der Waals surface area (Å²) >= 11 is 0. The zero-order chi connectivity index (χ0) is 19.6. The maximum atomic E-state index is 13.4. The summed E-state index contributed by atoms with van der Waals surface area (Å²) in [5, 5.41) is -4.13. The molecule has 1 unspecified atom stereocenters. The van der Waals surface area contributed by atoms with Crippen molar-refractivity contribution in [1.82, 2.24) is 9.62 Å². The van der Waals surface area contributed by atoms with Crippen molar-refractivity contribution in [2.75, 3.05) is 20.1 Å². The van der Waals surface area contributed by atoms with Gasteiger partial charge in [-0.25, -0.2) is 8.51 Å². The second-order valence-electron chi connectivity index (χ2n) is 4.47. The van der Waals surface area contributed by atoms with Crippen molar-refractivity contribution >= 4 is 16.9 Å². The Hall–Kier alpha value is -1.05. The number of rotatable bonds is 8. The normalized spacial score (nSPS) is 15.5. The largest absolute Gasteiger partial charge is 0.460 e. The van der Waals surface area contributed by atoms with E-state index in [1.54, 1.807) is 0 Å². The van der Waals surface area contributed by atoms with E-state index in [0.717, 1.165) is 0 Å². The molecule has 0 spiro atoms. The summed E-state index contributed by atoms with van der Waals surface area (Å²) in [6.07, 6.45) is -6.99. The Morgan fingerprint density at radius 1 is 1.00 bits per heavy atom. The Labute approximate surface area is 132 Å². The Morgan fingerprint density at radius 2 is 1.46 bits per heavy atom. The summed E-state index contributed by atoms with van der Waals surface area (Å²) in [7, 11) is -3.69. The Bertz CT molecular complexity index is 481. The second-order valence-corrected chi connectivity index (χ2v) is 6.10. The van der Waals surface area contributed by atoms with Crippen LogP contribution in [-0.4, -0.2) is 57.8 Å². The van der Waals surface area contributed by atoms with Gasteiger partial charge in [0, 0.05) is 26.6 Å². The molecule has 0 aromatic rings. The first-order valence-electron chi connectivity index (χ1n) is 6.14. The van der Waals surface area contributed by atoms with Crippen LogP contribution in [-0.2, 0) is 15.8 Å². The summed E-state index contributed by atoms with van der Waals surface area (Å²) in [5.74, 6) is -14.6. The van der Waals surface area contributed by atoms with E-state index >= 15 is 0 Å². The summed E-state index contributed by atoms with van der Waals surface area (Å²) in [5.41, 5.74) is 0. The van der Waals surface area contributed by atoms with Gasteiger partial charge in [0.15, 0.2) is 11.0 Å². The van der Waals surface area contributed by atoms with E-state index in [1.807, 2.05) is 0 Å². The minimum Gasteiger partial charge on any atom is -0.355 e. The molecule has 0 aliphatic carbocycles. The van der Waals surface area contributed by atoms with Gasteiger partial charge >= 0.3 is 23.3 Å². The third-order valence-corrected chi connectivity index (χ3v) is 4.13. The predicted molar refractivity (Wildman–Crippen MR) is 65.0 cm³/mol. The fraction of sp³-hybridized carbons (Fsp3) is 0.900. The van der Waals surface area contributed by atoms with Gasteiger partial charge in [0.05, 0.1) is 0 Å². The van der Waals surface area contributed by atoms with Gasteiger partial charge < -0.3 is 5.32 Å². The maximum Gasteiger partial charge on any atom is 0.460 e. The van der Waals surface area contributed by atoms with Crippen LogP contribution in [0.2, 0.25) is 0 Å². The molecule has 0 aliphatic heterocycles. The number of halogens is 9.